The van der Waals surface area contributed by atoms with Gasteiger partial charge < -0.3 is 11.5 Å². The maximum absolute atomic E-state index is 13.0. The normalized spacial score (nSPS) is 40.6. The molecule has 3 nitrogen and oxygen atoms in total. The number of nitrogens with two attached hydrogens (primary N) is 2. The fourth-order valence-electron chi connectivity index (χ4n) is 5.82. The minimum atomic E-state index is -0.412. The zero-order chi connectivity index (χ0) is 15.3. The summed E-state index contributed by atoms with van der Waals surface area (Å²) >= 11 is 0. The van der Waals surface area contributed by atoms with E-state index in [1.165, 1.54) is 19.3 Å². The molecule has 4 atom stereocenters. The highest BCUT2D eigenvalue weighted by Crippen LogP contribution is 2.57. The van der Waals surface area contributed by atoms with Crippen molar-refractivity contribution in [3.8, 4) is 0 Å². The Hall–Kier alpha value is -1.19. The van der Waals surface area contributed by atoms with Gasteiger partial charge in [0.25, 0.3) is 0 Å². The summed E-state index contributed by atoms with van der Waals surface area (Å²) < 4.78 is 0. The summed E-state index contributed by atoms with van der Waals surface area (Å²) in [4.78, 5) is 13.0. The van der Waals surface area contributed by atoms with Crippen LogP contribution in [-0.4, -0.2) is 17.4 Å². The Morgan fingerprint density at radius 2 is 1.77 bits per heavy atom. The van der Waals surface area contributed by atoms with Crippen molar-refractivity contribution in [1.82, 2.24) is 0 Å². The summed E-state index contributed by atoms with van der Waals surface area (Å²) in [5, 5.41) is 0. The lowest BCUT2D eigenvalue weighted by Gasteiger charge is -2.59. The highest BCUT2D eigenvalue weighted by atomic mass is 16.1. The predicted molar refractivity (Wildman–Crippen MR) is 87.1 cm³/mol. The first kappa shape index (κ1) is 14.4. The Balaban J connectivity index is 1.52. The van der Waals surface area contributed by atoms with Crippen molar-refractivity contribution >= 4 is 5.78 Å². The van der Waals surface area contributed by atoms with Crippen molar-refractivity contribution in [2.24, 2.45) is 35.1 Å². The number of carbonyl (C=O) groups excluding carboxylic acids is 1. The third-order valence-corrected chi connectivity index (χ3v) is 6.34. The molecule has 4 aliphatic carbocycles. The maximum atomic E-state index is 13.0. The largest absolute Gasteiger partial charge is 0.324 e. The molecular weight excluding hydrogens is 272 g/mol. The summed E-state index contributed by atoms with van der Waals surface area (Å²) in [6.45, 7) is 0. The van der Waals surface area contributed by atoms with Crippen molar-refractivity contribution in [3.63, 3.8) is 0 Å². The summed E-state index contributed by atoms with van der Waals surface area (Å²) in [6, 6.07) is 9.67. The van der Waals surface area contributed by atoms with E-state index < -0.39 is 6.04 Å². The fourth-order valence-corrected chi connectivity index (χ4v) is 5.82. The van der Waals surface area contributed by atoms with Gasteiger partial charge in [0.1, 0.15) is 0 Å². The molecule has 4 fully saturated rings. The maximum Gasteiger partial charge on any atom is 0.155 e. The van der Waals surface area contributed by atoms with Crippen LogP contribution in [0.3, 0.4) is 0 Å². The molecule has 118 valence electrons. The molecule has 0 amide bonds. The number of carbonyl (C=O) groups is 1. The van der Waals surface area contributed by atoms with Gasteiger partial charge in [0.05, 0.1) is 6.04 Å². The topological polar surface area (TPSA) is 69.1 Å². The van der Waals surface area contributed by atoms with Crippen LogP contribution in [0.25, 0.3) is 0 Å². The third-order valence-electron chi connectivity index (χ3n) is 6.34. The van der Waals surface area contributed by atoms with Gasteiger partial charge in [0.15, 0.2) is 5.78 Å². The van der Waals surface area contributed by atoms with Crippen molar-refractivity contribution in [2.45, 2.75) is 50.1 Å². The number of benzene rings is 1. The number of hydrogen-bond acceptors (Lipinski definition) is 3. The van der Waals surface area contributed by atoms with Crippen LogP contribution in [0.15, 0.2) is 30.3 Å². The Kier molecular flexibility index (Phi) is 3.39. The van der Waals surface area contributed by atoms with Gasteiger partial charge in [-0.2, -0.15) is 0 Å². The van der Waals surface area contributed by atoms with E-state index in [0.29, 0.717) is 12.3 Å². The summed E-state index contributed by atoms with van der Waals surface area (Å²) in [5.74, 6) is 2.23. The van der Waals surface area contributed by atoms with E-state index in [9.17, 15) is 4.79 Å². The van der Waals surface area contributed by atoms with Gasteiger partial charge in [0.2, 0.25) is 0 Å². The monoisotopic (exact) mass is 298 g/mol. The fraction of sp³-hybridized carbons (Fsp3) is 0.632. The average molecular weight is 298 g/mol. The van der Waals surface area contributed by atoms with Crippen LogP contribution in [0.2, 0.25) is 0 Å². The van der Waals surface area contributed by atoms with Crippen molar-refractivity contribution in [3.05, 3.63) is 35.9 Å². The minimum Gasteiger partial charge on any atom is -0.324 e. The molecule has 1 aromatic carbocycles. The van der Waals surface area contributed by atoms with Crippen LogP contribution in [-0.2, 0) is 11.2 Å². The average Bonchev–Trinajstić information content (AvgIpc) is 2.46. The summed E-state index contributed by atoms with van der Waals surface area (Å²) in [7, 11) is 0. The zero-order valence-electron chi connectivity index (χ0n) is 13.1. The Bertz CT molecular complexity index is 556. The zero-order valence-corrected chi connectivity index (χ0v) is 13.1. The molecule has 0 aromatic heterocycles. The second-order valence-corrected chi connectivity index (χ2v) is 8.02. The molecule has 0 heterocycles. The lowest BCUT2D eigenvalue weighted by Crippen LogP contribution is -2.66. The SMILES string of the molecule is N[C@@H](Cc1ccccc1)C(=O)C1C2CC3CC(C2)CC1(N)C3. The highest BCUT2D eigenvalue weighted by Gasteiger charge is 2.57. The standard InChI is InChI=1S/C19H26N2O/c20-16(9-12-4-2-1-3-5-12)18(22)17-15-7-13-6-14(8-15)11-19(17,21)10-13/h1-5,13-17H,6-11,20-21H2/t13?,14?,15?,16-,17?,19?/m0/s1. The molecule has 1 aromatic rings. The molecular formula is C19H26N2O. The van der Waals surface area contributed by atoms with E-state index in [-0.39, 0.29) is 17.2 Å². The van der Waals surface area contributed by atoms with Gasteiger partial charge in [-0.25, -0.2) is 0 Å². The van der Waals surface area contributed by atoms with Gasteiger partial charge in [0, 0.05) is 11.5 Å². The van der Waals surface area contributed by atoms with Crippen molar-refractivity contribution < 1.29 is 4.79 Å². The first-order valence-corrected chi connectivity index (χ1v) is 8.67. The molecule has 3 heteroatoms. The second-order valence-electron chi connectivity index (χ2n) is 8.02. The van der Waals surface area contributed by atoms with Crippen LogP contribution >= 0.6 is 0 Å². The molecule has 4 aliphatic rings. The Morgan fingerprint density at radius 1 is 1.14 bits per heavy atom. The molecule has 4 bridgehead atoms. The quantitative estimate of drug-likeness (QED) is 0.896. The van der Waals surface area contributed by atoms with Gasteiger partial charge in [-0.05, 0) is 61.8 Å². The molecule has 4 saturated carbocycles. The lowest BCUT2D eigenvalue weighted by molar-refractivity contribution is -0.139. The molecule has 5 rings (SSSR count). The van der Waals surface area contributed by atoms with E-state index in [1.807, 2.05) is 30.3 Å². The molecule has 0 spiro atoms. The Labute approximate surface area is 132 Å². The van der Waals surface area contributed by atoms with Crippen LogP contribution < -0.4 is 11.5 Å². The van der Waals surface area contributed by atoms with Gasteiger partial charge in [-0.1, -0.05) is 30.3 Å². The summed E-state index contributed by atoms with van der Waals surface area (Å²) in [5.41, 5.74) is 13.9. The van der Waals surface area contributed by atoms with E-state index in [0.717, 1.165) is 30.2 Å². The van der Waals surface area contributed by atoms with Gasteiger partial charge in [-0.15, -0.1) is 0 Å². The minimum absolute atomic E-state index is 0.000915. The predicted octanol–water partition coefficient (Wildman–Crippen LogP) is 2.28. The molecule has 4 N–H and O–H groups in total. The first-order valence-electron chi connectivity index (χ1n) is 8.67. The second kappa shape index (κ2) is 5.17. The Morgan fingerprint density at radius 3 is 2.36 bits per heavy atom. The molecule has 3 unspecified atom stereocenters. The molecule has 22 heavy (non-hydrogen) atoms. The lowest BCUT2D eigenvalue weighted by atomic mass is 9.47. The van der Waals surface area contributed by atoms with E-state index in [1.54, 1.807) is 0 Å². The van der Waals surface area contributed by atoms with Crippen LogP contribution in [0.5, 0.6) is 0 Å². The third kappa shape index (κ3) is 2.31. The number of ketones is 1. The van der Waals surface area contributed by atoms with E-state index >= 15 is 0 Å². The smallest absolute Gasteiger partial charge is 0.155 e. The highest BCUT2D eigenvalue weighted by molar-refractivity contribution is 5.88. The van der Waals surface area contributed by atoms with Crippen LogP contribution in [0.4, 0.5) is 0 Å². The van der Waals surface area contributed by atoms with Crippen LogP contribution in [0, 0.1) is 23.7 Å². The van der Waals surface area contributed by atoms with Gasteiger partial charge >= 0.3 is 0 Å². The van der Waals surface area contributed by atoms with E-state index in [2.05, 4.69) is 0 Å². The number of rotatable bonds is 4. The summed E-state index contributed by atoms with van der Waals surface area (Å²) in [6.07, 6.45) is 6.44. The van der Waals surface area contributed by atoms with Crippen molar-refractivity contribution in [2.75, 3.05) is 0 Å². The number of hydrogen-bond donors (Lipinski definition) is 2. The van der Waals surface area contributed by atoms with Crippen molar-refractivity contribution in [1.29, 1.82) is 0 Å². The first-order chi connectivity index (χ1) is 10.5. The van der Waals surface area contributed by atoms with Crippen LogP contribution in [0.1, 0.15) is 37.7 Å². The van der Waals surface area contributed by atoms with Gasteiger partial charge in [-0.3, -0.25) is 4.79 Å². The molecule has 0 aliphatic heterocycles. The molecule has 0 radical (unpaired) electrons. The molecule has 0 saturated heterocycles. The number of Topliss-reactive ketones (excluding diaryl/α,β-unsaturated/α-hetero) is 1. The van der Waals surface area contributed by atoms with E-state index in [4.69, 9.17) is 11.5 Å².